The number of benzene rings is 1. The van der Waals surface area contributed by atoms with Crippen LogP contribution in [-0.4, -0.2) is 59.9 Å². The lowest BCUT2D eigenvalue weighted by atomic mass is 10.1. The Hall–Kier alpha value is -2.89. The topological polar surface area (TPSA) is 62.7 Å². The van der Waals surface area contributed by atoms with Crippen molar-refractivity contribution in [2.75, 3.05) is 33.3 Å². The minimum absolute atomic E-state index is 0.0223. The molecule has 124 valence electrons. The van der Waals surface area contributed by atoms with Crippen LogP contribution in [0.4, 0.5) is 0 Å². The van der Waals surface area contributed by atoms with E-state index >= 15 is 0 Å². The molecule has 0 atom stereocenters. The van der Waals surface area contributed by atoms with E-state index in [9.17, 15) is 9.59 Å². The minimum atomic E-state index is -0.0371. The lowest BCUT2D eigenvalue weighted by Crippen LogP contribution is -2.50. The van der Waals surface area contributed by atoms with E-state index in [4.69, 9.17) is 4.74 Å². The highest BCUT2D eigenvalue weighted by Gasteiger charge is 2.25. The molecule has 1 fully saturated rings. The molecular weight excluding hydrogens is 306 g/mol. The third-order valence-electron chi connectivity index (χ3n) is 4.10. The number of pyridine rings is 1. The number of methoxy groups -OCH3 is 1. The van der Waals surface area contributed by atoms with Gasteiger partial charge < -0.3 is 14.5 Å². The van der Waals surface area contributed by atoms with E-state index in [2.05, 4.69) is 4.98 Å². The summed E-state index contributed by atoms with van der Waals surface area (Å²) in [6, 6.07) is 10.5. The van der Waals surface area contributed by atoms with Gasteiger partial charge in [-0.25, -0.2) is 0 Å². The summed E-state index contributed by atoms with van der Waals surface area (Å²) in [5.41, 5.74) is 1.22. The molecule has 0 N–H and O–H groups in total. The number of aromatic nitrogens is 1. The number of rotatable bonds is 3. The van der Waals surface area contributed by atoms with Crippen LogP contribution in [0.5, 0.6) is 5.75 Å². The molecule has 0 bridgehead atoms. The fourth-order valence-electron chi connectivity index (χ4n) is 2.73. The zero-order valence-electron chi connectivity index (χ0n) is 13.5. The number of hydrogen-bond donors (Lipinski definition) is 0. The van der Waals surface area contributed by atoms with E-state index in [1.807, 2.05) is 6.07 Å². The highest BCUT2D eigenvalue weighted by molar-refractivity contribution is 5.96. The predicted molar refractivity (Wildman–Crippen MR) is 89.0 cm³/mol. The molecule has 0 unspecified atom stereocenters. The van der Waals surface area contributed by atoms with Crippen LogP contribution in [0, 0.1) is 0 Å². The van der Waals surface area contributed by atoms with E-state index in [0.29, 0.717) is 43.1 Å². The van der Waals surface area contributed by atoms with Crippen molar-refractivity contribution in [3.8, 4) is 5.75 Å². The Balaban J connectivity index is 1.62. The summed E-state index contributed by atoms with van der Waals surface area (Å²) in [5.74, 6) is 0.600. The van der Waals surface area contributed by atoms with Crippen molar-refractivity contribution in [3.05, 3.63) is 59.9 Å². The van der Waals surface area contributed by atoms with Gasteiger partial charge in [0.05, 0.1) is 7.11 Å². The van der Waals surface area contributed by atoms with Gasteiger partial charge in [0.15, 0.2) is 0 Å². The van der Waals surface area contributed by atoms with Crippen molar-refractivity contribution in [2.24, 2.45) is 0 Å². The molecule has 6 nitrogen and oxygen atoms in total. The first-order valence-corrected chi connectivity index (χ1v) is 7.81. The number of carbonyl (C=O) groups is 2. The zero-order valence-corrected chi connectivity index (χ0v) is 13.5. The van der Waals surface area contributed by atoms with Crippen LogP contribution in [0.2, 0.25) is 0 Å². The normalized spacial score (nSPS) is 14.4. The van der Waals surface area contributed by atoms with Crippen molar-refractivity contribution < 1.29 is 14.3 Å². The largest absolute Gasteiger partial charge is 0.497 e. The summed E-state index contributed by atoms with van der Waals surface area (Å²) in [4.78, 5) is 32.4. The fourth-order valence-corrected chi connectivity index (χ4v) is 2.73. The Morgan fingerprint density at radius 2 is 1.50 bits per heavy atom. The highest BCUT2D eigenvalue weighted by Crippen LogP contribution is 2.16. The maximum absolute atomic E-state index is 12.6. The summed E-state index contributed by atoms with van der Waals surface area (Å²) in [5, 5.41) is 0. The van der Waals surface area contributed by atoms with E-state index in [1.54, 1.807) is 59.6 Å². The van der Waals surface area contributed by atoms with Crippen molar-refractivity contribution in [1.29, 1.82) is 0 Å². The van der Waals surface area contributed by atoms with Gasteiger partial charge in [-0.1, -0.05) is 6.07 Å². The summed E-state index contributed by atoms with van der Waals surface area (Å²) >= 11 is 0. The SMILES string of the molecule is COc1cccc(C(=O)N2CCN(C(=O)c3ccncc3)CC2)c1. The van der Waals surface area contributed by atoms with Gasteiger partial charge in [0.25, 0.3) is 11.8 Å². The number of carbonyl (C=O) groups excluding carboxylic acids is 2. The van der Waals surface area contributed by atoms with E-state index in [1.165, 1.54) is 0 Å². The Labute approximate surface area is 140 Å². The lowest BCUT2D eigenvalue weighted by Gasteiger charge is -2.34. The summed E-state index contributed by atoms with van der Waals surface area (Å²) in [6.07, 6.45) is 3.21. The quantitative estimate of drug-likeness (QED) is 0.861. The van der Waals surface area contributed by atoms with Gasteiger partial charge in [-0.2, -0.15) is 0 Å². The third kappa shape index (κ3) is 3.37. The van der Waals surface area contributed by atoms with Crippen LogP contribution in [0.1, 0.15) is 20.7 Å². The number of piperazine rings is 1. The van der Waals surface area contributed by atoms with Gasteiger partial charge in [-0.3, -0.25) is 14.6 Å². The van der Waals surface area contributed by atoms with Crippen LogP contribution in [0.15, 0.2) is 48.8 Å². The molecule has 3 rings (SSSR count). The van der Waals surface area contributed by atoms with Crippen LogP contribution >= 0.6 is 0 Å². The van der Waals surface area contributed by atoms with Gasteiger partial charge in [-0.05, 0) is 30.3 Å². The van der Waals surface area contributed by atoms with Crippen LogP contribution < -0.4 is 4.74 Å². The molecule has 0 spiro atoms. The summed E-state index contributed by atoms with van der Waals surface area (Å²) in [6.45, 7) is 2.09. The first-order chi connectivity index (χ1) is 11.7. The van der Waals surface area contributed by atoms with E-state index in [0.717, 1.165) is 0 Å². The molecule has 0 aliphatic carbocycles. The monoisotopic (exact) mass is 325 g/mol. The highest BCUT2D eigenvalue weighted by atomic mass is 16.5. The first-order valence-electron chi connectivity index (χ1n) is 7.81. The molecular formula is C18H19N3O3. The van der Waals surface area contributed by atoms with Crippen molar-refractivity contribution in [1.82, 2.24) is 14.8 Å². The molecule has 0 saturated carbocycles. The van der Waals surface area contributed by atoms with E-state index in [-0.39, 0.29) is 11.8 Å². The van der Waals surface area contributed by atoms with Crippen molar-refractivity contribution in [2.45, 2.75) is 0 Å². The van der Waals surface area contributed by atoms with Gasteiger partial charge in [0.1, 0.15) is 5.75 Å². The molecule has 1 aromatic heterocycles. The van der Waals surface area contributed by atoms with E-state index < -0.39 is 0 Å². The molecule has 6 heteroatoms. The Morgan fingerprint density at radius 3 is 2.08 bits per heavy atom. The zero-order chi connectivity index (χ0) is 16.9. The number of nitrogens with zero attached hydrogens (tertiary/aromatic N) is 3. The van der Waals surface area contributed by atoms with Crippen LogP contribution in [0.25, 0.3) is 0 Å². The fraction of sp³-hybridized carbons (Fsp3) is 0.278. The van der Waals surface area contributed by atoms with Gasteiger partial charge in [-0.15, -0.1) is 0 Å². The second-order valence-corrected chi connectivity index (χ2v) is 5.55. The number of ether oxygens (including phenoxy) is 1. The van der Waals surface area contributed by atoms with Crippen LogP contribution in [-0.2, 0) is 0 Å². The predicted octanol–water partition coefficient (Wildman–Crippen LogP) is 1.69. The Kier molecular flexibility index (Phi) is 4.74. The minimum Gasteiger partial charge on any atom is -0.497 e. The number of hydrogen-bond acceptors (Lipinski definition) is 4. The third-order valence-corrected chi connectivity index (χ3v) is 4.10. The molecule has 1 aliphatic rings. The van der Waals surface area contributed by atoms with Gasteiger partial charge in [0.2, 0.25) is 0 Å². The molecule has 2 amide bonds. The molecule has 24 heavy (non-hydrogen) atoms. The van der Waals surface area contributed by atoms with Crippen LogP contribution in [0.3, 0.4) is 0 Å². The maximum Gasteiger partial charge on any atom is 0.254 e. The van der Waals surface area contributed by atoms with Crippen molar-refractivity contribution in [3.63, 3.8) is 0 Å². The molecule has 2 aromatic rings. The average molecular weight is 325 g/mol. The Morgan fingerprint density at radius 1 is 0.917 bits per heavy atom. The second kappa shape index (κ2) is 7.12. The molecule has 1 saturated heterocycles. The maximum atomic E-state index is 12.6. The first kappa shape index (κ1) is 16.0. The Bertz CT molecular complexity index is 725. The molecule has 0 radical (unpaired) electrons. The summed E-state index contributed by atoms with van der Waals surface area (Å²) in [7, 11) is 1.58. The van der Waals surface area contributed by atoms with Gasteiger partial charge >= 0.3 is 0 Å². The lowest BCUT2D eigenvalue weighted by molar-refractivity contribution is 0.0535. The smallest absolute Gasteiger partial charge is 0.254 e. The average Bonchev–Trinajstić information content (AvgIpc) is 2.67. The molecule has 1 aromatic carbocycles. The molecule has 1 aliphatic heterocycles. The summed E-state index contributed by atoms with van der Waals surface area (Å²) < 4.78 is 5.16. The standard InChI is InChI=1S/C18H19N3O3/c1-24-16-4-2-3-15(13-16)18(23)21-11-9-20(10-12-21)17(22)14-5-7-19-8-6-14/h2-8,13H,9-12H2,1H3. The second-order valence-electron chi connectivity index (χ2n) is 5.55. The number of amides is 2. The van der Waals surface area contributed by atoms with Crippen molar-refractivity contribution >= 4 is 11.8 Å². The van der Waals surface area contributed by atoms with Gasteiger partial charge in [0, 0.05) is 49.7 Å². The molecule has 2 heterocycles.